The zero-order valence-corrected chi connectivity index (χ0v) is 10.0. The van der Waals surface area contributed by atoms with Gasteiger partial charge in [-0.3, -0.25) is 9.88 Å². The maximum absolute atomic E-state index is 4.16. The van der Waals surface area contributed by atoms with Gasteiger partial charge >= 0.3 is 0 Å². The van der Waals surface area contributed by atoms with Crippen LogP contribution in [0.4, 0.5) is 0 Å². The first-order chi connectivity index (χ1) is 7.90. The highest BCUT2D eigenvalue weighted by molar-refractivity contribution is 5.08. The molecule has 1 aliphatic heterocycles. The Labute approximate surface area is 97.9 Å². The predicted octanol–water partition coefficient (Wildman–Crippen LogP) is 1.31. The Kier molecular flexibility index (Phi) is 4.31. The number of hydrogen-bond acceptors (Lipinski definition) is 3. The first-order valence-electron chi connectivity index (χ1n) is 6.24. The molecule has 2 heterocycles. The minimum absolute atomic E-state index is 0.761. The van der Waals surface area contributed by atoms with Crippen molar-refractivity contribution < 1.29 is 0 Å². The van der Waals surface area contributed by atoms with Gasteiger partial charge in [-0.15, -0.1) is 0 Å². The summed E-state index contributed by atoms with van der Waals surface area (Å²) in [5.41, 5.74) is 1.34. The first kappa shape index (κ1) is 11.6. The van der Waals surface area contributed by atoms with Crippen molar-refractivity contribution in [1.29, 1.82) is 0 Å². The fourth-order valence-electron chi connectivity index (χ4n) is 2.11. The Morgan fingerprint density at radius 1 is 1.44 bits per heavy atom. The van der Waals surface area contributed by atoms with E-state index < -0.39 is 0 Å². The lowest BCUT2D eigenvalue weighted by Gasteiger charge is -2.38. The largest absolute Gasteiger partial charge is 0.314 e. The van der Waals surface area contributed by atoms with Crippen LogP contribution in [0.2, 0.25) is 0 Å². The van der Waals surface area contributed by atoms with E-state index in [0.717, 1.165) is 32.1 Å². The minimum Gasteiger partial charge on any atom is -0.314 e. The smallest absolute Gasteiger partial charge is 0.0345 e. The number of nitrogens with one attached hydrogen (secondary N) is 1. The molecule has 16 heavy (non-hydrogen) atoms. The lowest BCUT2D eigenvalue weighted by molar-refractivity contribution is 0.147. The summed E-state index contributed by atoms with van der Waals surface area (Å²) in [6.45, 7) is 6.95. The summed E-state index contributed by atoms with van der Waals surface area (Å²) in [4.78, 5) is 6.76. The molecule has 1 aromatic rings. The molecular formula is C13H21N3. The second-order valence-electron chi connectivity index (χ2n) is 4.46. The van der Waals surface area contributed by atoms with Crippen molar-refractivity contribution in [3.8, 4) is 0 Å². The number of pyridine rings is 1. The molecule has 1 saturated heterocycles. The summed E-state index contributed by atoms with van der Waals surface area (Å²) >= 11 is 0. The van der Waals surface area contributed by atoms with Gasteiger partial charge in [-0.1, -0.05) is 13.0 Å². The monoisotopic (exact) mass is 219 g/mol. The van der Waals surface area contributed by atoms with E-state index in [1.165, 1.54) is 18.5 Å². The van der Waals surface area contributed by atoms with Crippen molar-refractivity contribution in [1.82, 2.24) is 15.2 Å². The van der Waals surface area contributed by atoms with E-state index in [9.17, 15) is 0 Å². The molecule has 1 aliphatic rings. The van der Waals surface area contributed by atoms with Gasteiger partial charge in [-0.2, -0.15) is 0 Å². The summed E-state index contributed by atoms with van der Waals surface area (Å²) < 4.78 is 0. The van der Waals surface area contributed by atoms with Crippen molar-refractivity contribution in [3.05, 3.63) is 30.1 Å². The second kappa shape index (κ2) is 5.97. The lowest BCUT2D eigenvalue weighted by atomic mass is 10.1. The van der Waals surface area contributed by atoms with Crippen molar-refractivity contribution in [2.75, 3.05) is 26.2 Å². The summed E-state index contributed by atoms with van der Waals surface area (Å²) in [6.07, 6.45) is 6.17. The molecule has 0 aliphatic carbocycles. The van der Waals surface area contributed by atoms with Crippen LogP contribution in [0.5, 0.6) is 0 Å². The molecule has 0 spiro atoms. The topological polar surface area (TPSA) is 28.2 Å². The maximum Gasteiger partial charge on any atom is 0.0345 e. The highest BCUT2D eigenvalue weighted by Gasteiger charge is 2.23. The normalized spacial score (nSPS) is 16.4. The highest BCUT2D eigenvalue weighted by atomic mass is 15.2. The van der Waals surface area contributed by atoms with Crippen molar-refractivity contribution in [2.45, 2.75) is 25.8 Å². The second-order valence-corrected chi connectivity index (χ2v) is 4.46. The Morgan fingerprint density at radius 3 is 2.88 bits per heavy atom. The molecule has 0 amide bonds. The van der Waals surface area contributed by atoms with E-state index in [-0.39, 0.29) is 0 Å². The number of aromatic nitrogens is 1. The van der Waals surface area contributed by atoms with Crippen LogP contribution in [-0.4, -0.2) is 42.1 Å². The molecule has 88 valence electrons. The van der Waals surface area contributed by atoms with Crippen molar-refractivity contribution in [2.24, 2.45) is 0 Å². The van der Waals surface area contributed by atoms with E-state index in [0.29, 0.717) is 0 Å². The minimum atomic E-state index is 0.761. The molecule has 2 rings (SSSR count). The van der Waals surface area contributed by atoms with Crippen LogP contribution in [0.1, 0.15) is 18.9 Å². The van der Waals surface area contributed by atoms with Gasteiger partial charge < -0.3 is 5.32 Å². The Balaban J connectivity index is 1.81. The molecular weight excluding hydrogens is 198 g/mol. The van der Waals surface area contributed by atoms with Crippen LogP contribution in [0.3, 0.4) is 0 Å². The van der Waals surface area contributed by atoms with Gasteiger partial charge in [-0.05, 0) is 31.0 Å². The molecule has 1 fully saturated rings. The third-order valence-corrected chi connectivity index (χ3v) is 3.20. The fourth-order valence-corrected chi connectivity index (χ4v) is 2.11. The van der Waals surface area contributed by atoms with Crippen LogP contribution < -0.4 is 5.32 Å². The van der Waals surface area contributed by atoms with Crippen molar-refractivity contribution >= 4 is 0 Å². The zero-order valence-electron chi connectivity index (χ0n) is 10.0. The Bertz CT molecular complexity index is 295. The van der Waals surface area contributed by atoms with Gasteiger partial charge in [0, 0.05) is 38.1 Å². The summed E-state index contributed by atoms with van der Waals surface area (Å²) in [5, 5.41) is 3.34. The third kappa shape index (κ3) is 3.03. The summed E-state index contributed by atoms with van der Waals surface area (Å²) in [6, 6.07) is 4.94. The van der Waals surface area contributed by atoms with Gasteiger partial charge in [0.05, 0.1) is 0 Å². The van der Waals surface area contributed by atoms with Gasteiger partial charge in [0.25, 0.3) is 0 Å². The molecule has 0 bridgehead atoms. The van der Waals surface area contributed by atoms with Crippen LogP contribution in [0, 0.1) is 0 Å². The maximum atomic E-state index is 4.16. The number of rotatable bonds is 6. The molecule has 0 aromatic carbocycles. The fraction of sp³-hybridized carbons (Fsp3) is 0.615. The Morgan fingerprint density at radius 2 is 2.31 bits per heavy atom. The molecule has 0 radical (unpaired) electrons. The van der Waals surface area contributed by atoms with Crippen LogP contribution in [-0.2, 0) is 6.42 Å². The molecule has 1 aromatic heterocycles. The quantitative estimate of drug-likeness (QED) is 0.782. The molecule has 0 atom stereocenters. The summed E-state index contributed by atoms with van der Waals surface area (Å²) in [5.74, 6) is 0. The summed E-state index contributed by atoms with van der Waals surface area (Å²) in [7, 11) is 0. The Hall–Kier alpha value is -0.930. The lowest BCUT2D eigenvalue weighted by Crippen LogP contribution is -2.57. The predicted molar refractivity (Wildman–Crippen MR) is 66.5 cm³/mol. The van der Waals surface area contributed by atoms with Crippen molar-refractivity contribution in [3.63, 3.8) is 0 Å². The molecule has 0 unspecified atom stereocenters. The SMILES string of the molecule is CCCN(CCc1cccnc1)C1CNC1. The highest BCUT2D eigenvalue weighted by Crippen LogP contribution is 2.08. The van der Waals surface area contributed by atoms with Gasteiger partial charge in [-0.25, -0.2) is 0 Å². The third-order valence-electron chi connectivity index (χ3n) is 3.20. The number of nitrogens with zero attached hydrogens (tertiary/aromatic N) is 2. The molecule has 0 saturated carbocycles. The van der Waals surface area contributed by atoms with E-state index >= 15 is 0 Å². The zero-order chi connectivity index (χ0) is 11.2. The van der Waals surface area contributed by atoms with E-state index in [2.05, 4.69) is 28.2 Å². The van der Waals surface area contributed by atoms with E-state index in [1.807, 2.05) is 18.5 Å². The van der Waals surface area contributed by atoms with Crippen LogP contribution in [0.15, 0.2) is 24.5 Å². The van der Waals surface area contributed by atoms with E-state index in [1.54, 1.807) is 0 Å². The van der Waals surface area contributed by atoms with Crippen LogP contribution >= 0.6 is 0 Å². The standard InChI is InChI=1S/C13H21N3/c1-2-7-16(13-10-15-11-13)8-5-12-4-3-6-14-9-12/h3-4,6,9,13,15H,2,5,7-8,10-11H2,1H3. The first-order valence-corrected chi connectivity index (χ1v) is 6.24. The average molecular weight is 219 g/mol. The van der Waals surface area contributed by atoms with Gasteiger partial charge in [0.15, 0.2) is 0 Å². The number of hydrogen-bond donors (Lipinski definition) is 1. The average Bonchev–Trinajstić information content (AvgIpc) is 2.25. The molecule has 3 nitrogen and oxygen atoms in total. The van der Waals surface area contributed by atoms with Gasteiger partial charge in [0.1, 0.15) is 0 Å². The molecule has 1 N–H and O–H groups in total. The van der Waals surface area contributed by atoms with Gasteiger partial charge in [0.2, 0.25) is 0 Å². The van der Waals surface area contributed by atoms with Crippen LogP contribution in [0.25, 0.3) is 0 Å². The van der Waals surface area contributed by atoms with E-state index in [4.69, 9.17) is 0 Å². The molecule has 3 heteroatoms.